The minimum absolute atomic E-state index is 0.336. The van der Waals surface area contributed by atoms with Gasteiger partial charge in [0, 0.05) is 36.5 Å². The summed E-state index contributed by atoms with van der Waals surface area (Å²) < 4.78 is 0. The van der Waals surface area contributed by atoms with Gasteiger partial charge in [-0.1, -0.05) is 41.3 Å². The van der Waals surface area contributed by atoms with Gasteiger partial charge in [-0.15, -0.1) is 0 Å². The molecule has 1 aromatic carbocycles. The van der Waals surface area contributed by atoms with Crippen molar-refractivity contribution in [1.82, 2.24) is 9.97 Å². The molecule has 1 saturated carbocycles. The lowest BCUT2D eigenvalue weighted by Gasteiger charge is -2.08. The van der Waals surface area contributed by atoms with Crippen molar-refractivity contribution in [3.05, 3.63) is 95.6 Å². The minimum Gasteiger partial charge on any atom is -0.389 e. The standard InChI is InChI=1S/C24H21N3O/c1-2-15-26-23(5-1)18-28-27-24(16-21-4-3-14-25-17-21)22-12-10-20(11-13-22)9-8-19-6-7-19/h1-5,10-15,17,19H,6-7,16,18H2/b27-24+. The number of oxime groups is 1. The van der Waals surface area contributed by atoms with Crippen LogP contribution in [0.15, 0.2) is 78.3 Å². The van der Waals surface area contributed by atoms with Crippen molar-refractivity contribution in [3.8, 4) is 11.8 Å². The second-order valence-corrected chi connectivity index (χ2v) is 6.79. The number of nitrogens with zero attached hydrogens (tertiary/aromatic N) is 3. The summed E-state index contributed by atoms with van der Waals surface area (Å²) in [6.07, 6.45) is 8.49. The molecule has 1 aliphatic carbocycles. The number of hydrogen-bond donors (Lipinski definition) is 0. The van der Waals surface area contributed by atoms with Gasteiger partial charge in [0.1, 0.15) is 0 Å². The summed E-state index contributed by atoms with van der Waals surface area (Å²) in [5.41, 5.74) is 4.83. The summed E-state index contributed by atoms with van der Waals surface area (Å²) in [6.45, 7) is 0.336. The maximum Gasteiger partial charge on any atom is 0.159 e. The fourth-order valence-electron chi connectivity index (χ4n) is 2.70. The van der Waals surface area contributed by atoms with Crippen LogP contribution in [0, 0.1) is 17.8 Å². The monoisotopic (exact) mass is 367 g/mol. The van der Waals surface area contributed by atoms with Crippen LogP contribution in [0.1, 0.15) is 35.2 Å². The second-order valence-electron chi connectivity index (χ2n) is 6.79. The van der Waals surface area contributed by atoms with Crippen molar-refractivity contribution in [2.24, 2.45) is 11.1 Å². The molecule has 0 unspecified atom stereocenters. The molecule has 1 fully saturated rings. The van der Waals surface area contributed by atoms with Crippen LogP contribution < -0.4 is 0 Å². The van der Waals surface area contributed by atoms with E-state index in [1.165, 1.54) is 12.8 Å². The number of rotatable bonds is 6. The summed E-state index contributed by atoms with van der Waals surface area (Å²) in [5, 5.41) is 4.41. The van der Waals surface area contributed by atoms with Gasteiger partial charge in [-0.2, -0.15) is 0 Å². The van der Waals surface area contributed by atoms with Crippen molar-refractivity contribution >= 4 is 5.71 Å². The molecule has 4 rings (SSSR count). The maximum absolute atomic E-state index is 5.60. The molecule has 0 atom stereocenters. The normalized spacial score (nSPS) is 13.5. The van der Waals surface area contributed by atoms with Gasteiger partial charge in [0.25, 0.3) is 0 Å². The summed E-state index contributed by atoms with van der Waals surface area (Å²) in [5.74, 6) is 7.14. The molecule has 3 aromatic rings. The smallest absolute Gasteiger partial charge is 0.159 e. The molecule has 4 nitrogen and oxygen atoms in total. The van der Waals surface area contributed by atoms with Crippen molar-refractivity contribution in [2.75, 3.05) is 0 Å². The molecule has 138 valence electrons. The third-order valence-electron chi connectivity index (χ3n) is 4.42. The largest absolute Gasteiger partial charge is 0.389 e. The van der Waals surface area contributed by atoms with Gasteiger partial charge in [0.15, 0.2) is 6.61 Å². The highest BCUT2D eigenvalue weighted by molar-refractivity contribution is 6.01. The fraction of sp³-hybridized carbons (Fsp3) is 0.208. The van der Waals surface area contributed by atoms with Gasteiger partial charge in [0.2, 0.25) is 0 Å². The average Bonchev–Trinajstić information content (AvgIpc) is 3.58. The molecular weight excluding hydrogens is 346 g/mol. The van der Waals surface area contributed by atoms with E-state index in [0.29, 0.717) is 18.9 Å². The van der Waals surface area contributed by atoms with E-state index in [1.54, 1.807) is 12.4 Å². The van der Waals surface area contributed by atoms with E-state index >= 15 is 0 Å². The van der Waals surface area contributed by atoms with E-state index in [4.69, 9.17) is 4.84 Å². The molecule has 0 N–H and O–H groups in total. The van der Waals surface area contributed by atoms with E-state index in [9.17, 15) is 0 Å². The Balaban J connectivity index is 1.51. The topological polar surface area (TPSA) is 47.4 Å². The van der Waals surface area contributed by atoms with Crippen LogP contribution in [-0.2, 0) is 17.9 Å². The zero-order chi connectivity index (χ0) is 19.0. The first-order chi connectivity index (χ1) is 13.9. The van der Waals surface area contributed by atoms with E-state index in [-0.39, 0.29) is 0 Å². The molecular formula is C24H21N3O. The fourth-order valence-corrected chi connectivity index (χ4v) is 2.70. The summed E-state index contributed by atoms with van der Waals surface area (Å²) in [6, 6.07) is 17.9. The predicted octanol–water partition coefficient (Wildman–Crippen LogP) is 4.40. The van der Waals surface area contributed by atoms with E-state index < -0.39 is 0 Å². The Morgan fingerprint density at radius 3 is 2.64 bits per heavy atom. The highest BCUT2D eigenvalue weighted by Crippen LogP contribution is 2.27. The molecule has 2 aromatic heterocycles. The number of pyridine rings is 2. The lowest BCUT2D eigenvalue weighted by atomic mass is 10.0. The van der Waals surface area contributed by atoms with Gasteiger partial charge in [0.05, 0.1) is 11.4 Å². The lowest BCUT2D eigenvalue weighted by Crippen LogP contribution is -2.07. The predicted molar refractivity (Wildman–Crippen MR) is 110 cm³/mol. The molecule has 0 bridgehead atoms. The van der Waals surface area contributed by atoms with Crippen LogP contribution in [0.4, 0.5) is 0 Å². The van der Waals surface area contributed by atoms with E-state index in [0.717, 1.165) is 28.1 Å². The molecule has 4 heteroatoms. The van der Waals surface area contributed by atoms with E-state index in [2.05, 4.69) is 39.1 Å². The maximum atomic E-state index is 5.60. The van der Waals surface area contributed by atoms with Gasteiger partial charge < -0.3 is 4.84 Å². The average molecular weight is 367 g/mol. The van der Waals surface area contributed by atoms with Gasteiger partial charge in [-0.05, 0) is 54.3 Å². The highest BCUT2D eigenvalue weighted by atomic mass is 16.6. The molecule has 0 amide bonds. The molecule has 2 heterocycles. The number of benzene rings is 1. The minimum atomic E-state index is 0.336. The summed E-state index contributed by atoms with van der Waals surface area (Å²) >= 11 is 0. The Bertz CT molecular complexity index is 983. The molecule has 0 aliphatic heterocycles. The van der Waals surface area contributed by atoms with Crippen molar-refractivity contribution in [3.63, 3.8) is 0 Å². The second kappa shape index (κ2) is 8.96. The Kier molecular flexibility index (Phi) is 5.74. The molecule has 0 radical (unpaired) electrons. The summed E-state index contributed by atoms with van der Waals surface area (Å²) in [7, 11) is 0. The summed E-state index contributed by atoms with van der Waals surface area (Å²) in [4.78, 5) is 14.1. The Hall–Kier alpha value is -3.45. The highest BCUT2D eigenvalue weighted by Gasteiger charge is 2.17. The third-order valence-corrected chi connectivity index (χ3v) is 4.42. The lowest BCUT2D eigenvalue weighted by molar-refractivity contribution is 0.127. The van der Waals surface area contributed by atoms with Crippen molar-refractivity contribution in [1.29, 1.82) is 0 Å². The number of aromatic nitrogens is 2. The molecule has 0 spiro atoms. The van der Waals surface area contributed by atoms with Gasteiger partial charge in [-0.25, -0.2) is 0 Å². The Labute approximate surface area is 165 Å². The van der Waals surface area contributed by atoms with Crippen LogP contribution in [-0.4, -0.2) is 15.7 Å². The molecule has 0 saturated heterocycles. The Morgan fingerprint density at radius 2 is 1.93 bits per heavy atom. The van der Waals surface area contributed by atoms with Crippen LogP contribution in [0.25, 0.3) is 0 Å². The Morgan fingerprint density at radius 1 is 1.04 bits per heavy atom. The molecule has 28 heavy (non-hydrogen) atoms. The SMILES string of the molecule is C(#CC1CC1)c1ccc(/C(Cc2cccnc2)=N/OCc2ccccn2)cc1. The van der Waals surface area contributed by atoms with Gasteiger partial charge in [-0.3, -0.25) is 9.97 Å². The molecule has 1 aliphatic rings. The van der Waals surface area contributed by atoms with Crippen LogP contribution >= 0.6 is 0 Å². The quantitative estimate of drug-likeness (QED) is 0.368. The van der Waals surface area contributed by atoms with Crippen LogP contribution in [0.3, 0.4) is 0 Å². The van der Waals surface area contributed by atoms with Crippen LogP contribution in [0.5, 0.6) is 0 Å². The van der Waals surface area contributed by atoms with Crippen molar-refractivity contribution in [2.45, 2.75) is 25.9 Å². The van der Waals surface area contributed by atoms with Gasteiger partial charge >= 0.3 is 0 Å². The van der Waals surface area contributed by atoms with Crippen LogP contribution in [0.2, 0.25) is 0 Å². The first kappa shape index (κ1) is 17.9. The number of hydrogen-bond acceptors (Lipinski definition) is 4. The van der Waals surface area contributed by atoms with Crippen molar-refractivity contribution < 1.29 is 4.84 Å². The first-order valence-electron chi connectivity index (χ1n) is 9.46. The zero-order valence-corrected chi connectivity index (χ0v) is 15.6. The first-order valence-corrected chi connectivity index (χ1v) is 9.46. The third kappa shape index (κ3) is 5.28. The zero-order valence-electron chi connectivity index (χ0n) is 15.6. The van der Waals surface area contributed by atoms with E-state index in [1.807, 2.05) is 48.7 Å².